The van der Waals surface area contributed by atoms with Crippen LogP contribution in [0.15, 0.2) is 47.7 Å². The number of piperidine rings is 1. The Labute approximate surface area is 184 Å². The van der Waals surface area contributed by atoms with E-state index >= 15 is 0 Å². The molecule has 2 saturated heterocycles. The lowest BCUT2D eigenvalue weighted by Gasteiger charge is -2.46. The smallest absolute Gasteiger partial charge is 0.0670 e. The van der Waals surface area contributed by atoms with Crippen LogP contribution in [0.2, 0.25) is 0 Å². The Morgan fingerprint density at radius 2 is 1.77 bits per heavy atom. The molecule has 30 heavy (non-hydrogen) atoms. The summed E-state index contributed by atoms with van der Waals surface area (Å²) in [7, 11) is 0. The van der Waals surface area contributed by atoms with Gasteiger partial charge in [0.1, 0.15) is 0 Å². The van der Waals surface area contributed by atoms with Crippen LogP contribution >= 0.6 is 0 Å². The minimum atomic E-state index is 0.281. The Bertz CT molecular complexity index is 768. The topological polar surface area (TPSA) is 18.5 Å². The third-order valence-corrected chi connectivity index (χ3v) is 7.38. The maximum Gasteiger partial charge on any atom is 0.0670 e. The second-order valence-corrected chi connectivity index (χ2v) is 10.5. The van der Waals surface area contributed by atoms with Crippen molar-refractivity contribution in [2.45, 2.75) is 59.4 Å². The van der Waals surface area contributed by atoms with Gasteiger partial charge >= 0.3 is 0 Å². The third kappa shape index (κ3) is 5.18. The second-order valence-electron chi connectivity index (χ2n) is 10.5. The summed E-state index contributed by atoms with van der Waals surface area (Å²) in [5.74, 6) is 0.913. The molecule has 0 unspecified atom stereocenters. The molecule has 1 atom stereocenters. The molecule has 0 bridgehead atoms. The highest BCUT2D eigenvalue weighted by Gasteiger charge is 2.32. The zero-order valence-electron chi connectivity index (χ0n) is 19.6. The van der Waals surface area contributed by atoms with Crippen molar-refractivity contribution in [1.29, 1.82) is 0 Å². The van der Waals surface area contributed by atoms with Crippen molar-refractivity contribution in [2.75, 3.05) is 39.3 Å². The number of benzene rings is 1. The summed E-state index contributed by atoms with van der Waals surface area (Å²) < 4.78 is 0. The largest absolute Gasteiger partial charge is 0.362 e. The van der Waals surface area contributed by atoms with Crippen LogP contribution in [0.3, 0.4) is 0 Å². The third-order valence-electron chi connectivity index (χ3n) is 7.38. The summed E-state index contributed by atoms with van der Waals surface area (Å²) in [4.78, 5) is 5.43. The normalized spacial score (nSPS) is 25.7. The van der Waals surface area contributed by atoms with E-state index in [-0.39, 0.29) is 5.41 Å². The molecule has 2 heterocycles. The molecule has 0 radical (unpaired) electrons. The Morgan fingerprint density at radius 3 is 2.47 bits per heavy atom. The molecule has 3 nitrogen and oxygen atoms in total. The summed E-state index contributed by atoms with van der Waals surface area (Å²) in [5, 5.41) is 3.51. The summed E-state index contributed by atoms with van der Waals surface area (Å²) >= 11 is 0. The van der Waals surface area contributed by atoms with Gasteiger partial charge in [0.15, 0.2) is 0 Å². The van der Waals surface area contributed by atoms with Gasteiger partial charge < -0.3 is 10.2 Å². The van der Waals surface area contributed by atoms with Crippen LogP contribution in [-0.2, 0) is 0 Å². The molecule has 1 N–H and O–H groups in total. The van der Waals surface area contributed by atoms with Gasteiger partial charge in [0.25, 0.3) is 0 Å². The van der Waals surface area contributed by atoms with Gasteiger partial charge in [-0.15, -0.1) is 0 Å². The molecular formula is C27H41N3. The van der Waals surface area contributed by atoms with E-state index < -0.39 is 0 Å². The molecule has 1 aromatic rings. The second kappa shape index (κ2) is 9.28. The Hall–Kier alpha value is -1.58. The van der Waals surface area contributed by atoms with Crippen LogP contribution in [0.25, 0.3) is 0 Å². The molecule has 0 spiro atoms. The molecule has 1 aromatic carbocycles. The summed E-state index contributed by atoms with van der Waals surface area (Å²) in [6.07, 6.45) is 10.2. The SMILES string of the molecule is CC1=CC(C)(C)CC=C1N1CCN(CCC2CCNCC2)C[C@H]1c1ccc(C)cc1. The van der Waals surface area contributed by atoms with Crippen molar-refractivity contribution in [2.24, 2.45) is 11.3 Å². The molecular weight excluding hydrogens is 366 g/mol. The van der Waals surface area contributed by atoms with Gasteiger partial charge in [0.2, 0.25) is 0 Å². The molecule has 0 saturated carbocycles. The van der Waals surface area contributed by atoms with Crippen molar-refractivity contribution in [3.05, 3.63) is 58.8 Å². The van der Waals surface area contributed by atoms with E-state index in [0.29, 0.717) is 6.04 Å². The highest BCUT2D eigenvalue weighted by molar-refractivity contribution is 5.36. The van der Waals surface area contributed by atoms with Gasteiger partial charge in [0, 0.05) is 25.3 Å². The van der Waals surface area contributed by atoms with Crippen molar-refractivity contribution >= 4 is 0 Å². The Kier molecular flexibility index (Phi) is 6.69. The molecule has 1 aliphatic carbocycles. The van der Waals surface area contributed by atoms with Gasteiger partial charge in [-0.05, 0) is 81.6 Å². The number of rotatable bonds is 5. The van der Waals surface area contributed by atoms with Crippen LogP contribution in [0, 0.1) is 18.3 Å². The van der Waals surface area contributed by atoms with Crippen LogP contribution < -0.4 is 5.32 Å². The van der Waals surface area contributed by atoms with Gasteiger partial charge in [-0.25, -0.2) is 0 Å². The van der Waals surface area contributed by atoms with E-state index in [9.17, 15) is 0 Å². The molecule has 2 aliphatic heterocycles. The maximum absolute atomic E-state index is 3.51. The molecule has 4 rings (SSSR count). The predicted octanol–water partition coefficient (Wildman–Crippen LogP) is 5.30. The number of nitrogens with zero attached hydrogens (tertiary/aromatic N) is 2. The average molecular weight is 408 g/mol. The number of nitrogens with one attached hydrogen (secondary N) is 1. The molecule has 2 fully saturated rings. The average Bonchev–Trinajstić information content (AvgIpc) is 2.73. The zero-order chi connectivity index (χ0) is 21.1. The van der Waals surface area contributed by atoms with Gasteiger partial charge in [0.05, 0.1) is 6.04 Å². The van der Waals surface area contributed by atoms with E-state index in [1.807, 2.05) is 0 Å². The fourth-order valence-electron chi connectivity index (χ4n) is 5.52. The lowest BCUT2D eigenvalue weighted by atomic mass is 9.82. The first-order valence-corrected chi connectivity index (χ1v) is 12.1. The van der Waals surface area contributed by atoms with Crippen LogP contribution in [-0.4, -0.2) is 49.1 Å². The van der Waals surface area contributed by atoms with Crippen molar-refractivity contribution in [1.82, 2.24) is 15.1 Å². The van der Waals surface area contributed by atoms with Crippen LogP contribution in [0.4, 0.5) is 0 Å². The first-order chi connectivity index (χ1) is 14.4. The van der Waals surface area contributed by atoms with E-state index in [2.05, 4.69) is 79.2 Å². The van der Waals surface area contributed by atoms with E-state index in [1.54, 1.807) is 0 Å². The highest BCUT2D eigenvalue weighted by atomic mass is 15.3. The first-order valence-electron chi connectivity index (χ1n) is 12.1. The molecule has 3 heteroatoms. The Balaban J connectivity index is 1.50. The maximum atomic E-state index is 3.51. The fraction of sp³-hybridized carbons (Fsp3) is 0.630. The minimum Gasteiger partial charge on any atom is -0.362 e. The van der Waals surface area contributed by atoms with Gasteiger partial charge in [-0.1, -0.05) is 55.8 Å². The summed E-state index contributed by atoms with van der Waals surface area (Å²) in [6.45, 7) is 16.3. The van der Waals surface area contributed by atoms with E-state index in [1.165, 1.54) is 67.8 Å². The van der Waals surface area contributed by atoms with E-state index in [4.69, 9.17) is 0 Å². The first kappa shape index (κ1) is 21.6. The summed E-state index contributed by atoms with van der Waals surface area (Å²) in [6, 6.07) is 9.72. The summed E-state index contributed by atoms with van der Waals surface area (Å²) in [5.41, 5.74) is 6.01. The van der Waals surface area contributed by atoms with Gasteiger partial charge in [-0.3, -0.25) is 4.90 Å². The lowest BCUT2D eigenvalue weighted by molar-refractivity contribution is 0.0954. The number of hydrogen-bond acceptors (Lipinski definition) is 3. The molecule has 3 aliphatic rings. The number of piperazine rings is 1. The van der Waals surface area contributed by atoms with Crippen molar-refractivity contribution in [3.8, 4) is 0 Å². The monoisotopic (exact) mass is 407 g/mol. The van der Waals surface area contributed by atoms with Crippen molar-refractivity contribution in [3.63, 3.8) is 0 Å². The lowest BCUT2D eigenvalue weighted by Crippen LogP contribution is -2.48. The Morgan fingerprint density at radius 1 is 1.03 bits per heavy atom. The molecule has 164 valence electrons. The quantitative estimate of drug-likeness (QED) is 0.714. The molecule has 0 aromatic heterocycles. The van der Waals surface area contributed by atoms with Crippen LogP contribution in [0.1, 0.15) is 63.6 Å². The molecule has 0 amide bonds. The number of aryl methyl sites for hydroxylation is 1. The van der Waals surface area contributed by atoms with Crippen molar-refractivity contribution < 1.29 is 0 Å². The minimum absolute atomic E-state index is 0.281. The number of allylic oxidation sites excluding steroid dienone is 3. The van der Waals surface area contributed by atoms with E-state index in [0.717, 1.165) is 25.4 Å². The van der Waals surface area contributed by atoms with Gasteiger partial charge in [-0.2, -0.15) is 0 Å². The standard InChI is InChI=1S/C27H41N3/c1-21-5-7-24(8-6-21)26-20-29(16-12-23-10-14-28-15-11-23)17-18-30(26)25-9-13-27(3,4)19-22(25)2/h5-9,19,23,26,28H,10-18,20H2,1-4H3/t26-/m0/s1. The predicted molar refractivity (Wildman–Crippen MR) is 128 cm³/mol. The highest BCUT2D eigenvalue weighted by Crippen LogP contribution is 2.38. The number of hydrogen-bond donors (Lipinski definition) is 1. The fourth-order valence-corrected chi connectivity index (χ4v) is 5.52. The van der Waals surface area contributed by atoms with Crippen LogP contribution in [0.5, 0.6) is 0 Å². The zero-order valence-corrected chi connectivity index (χ0v) is 19.6.